The van der Waals surface area contributed by atoms with Gasteiger partial charge >= 0.3 is 0 Å². The van der Waals surface area contributed by atoms with E-state index in [4.69, 9.17) is 9.47 Å². The molecular weight excluding hydrogens is 214 g/mol. The molecule has 0 saturated carbocycles. The minimum absolute atomic E-state index is 0.449. The van der Waals surface area contributed by atoms with Gasteiger partial charge in [0.1, 0.15) is 5.75 Å². The number of hydrogen-bond acceptors (Lipinski definition) is 3. The van der Waals surface area contributed by atoms with Crippen molar-refractivity contribution in [3.05, 3.63) is 23.8 Å². The molecule has 2 atom stereocenters. The van der Waals surface area contributed by atoms with Gasteiger partial charge in [-0.05, 0) is 44.0 Å². The fourth-order valence-corrected chi connectivity index (χ4v) is 2.24. The lowest BCUT2D eigenvalue weighted by atomic mass is 10.00. The Balaban J connectivity index is 2.02. The second-order valence-electron chi connectivity index (χ2n) is 4.74. The van der Waals surface area contributed by atoms with Gasteiger partial charge in [-0.15, -0.1) is 0 Å². The lowest BCUT2D eigenvalue weighted by Crippen LogP contribution is -2.26. The van der Waals surface area contributed by atoms with Crippen LogP contribution in [0.25, 0.3) is 0 Å². The van der Waals surface area contributed by atoms with Gasteiger partial charge < -0.3 is 14.8 Å². The zero-order valence-electron chi connectivity index (χ0n) is 10.8. The van der Waals surface area contributed by atoms with E-state index in [1.54, 1.807) is 7.11 Å². The number of hydrogen-bond donors (Lipinski definition) is 1. The Hall–Kier alpha value is -1.22. The number of nitrogens with one attached hydrogen (secondary N) is 1. The summed E-state index contributed by atoms with van der Waals surface area (Å²) in [7, 11) is 1.69. The molecular formula is C14H21NO2. The SMILES string of the molecule is COc1ccc(NC(C)C2CCOC2)c(C)c1. The summed E-state index contributed by atoms with van der Waals surface area (Å²) in [5.74, 6) is 1.53. The monoisotopic (exact) mass is 235 g/mol. The molecule has 1 heterocycles. The molecule has 1 aromatic rings. The fraction of sp³-hybridized carbons (Fsp3) is 0.571. The first-order chi connectivity index (χ1) is 8.20. The molecule has 0 aromatic heterocycles. The predicted molar refractivity (Wildman–Crippen MR) is 69.7 cm³/mol. The van der Waals surface area contributed by atoms with Gasteiger partial charge in [0, 0.05) is 24.3 Å². The second-order valence-corrected chi connectivity index (χ2v) is 4.74. The van der Waals surface area contributed by atoms with Crippen molar-refractivity contribution >= 4 is 5.69 Å². The molecule has 94 valence electrons. The lowest BCUT2D eigenvalue weighted by molar-refractivity contribution is 0.183. The van der Waals surface area contributed by atoms with Gasteiger partial charge in [0.15, 0.2) is 0 Å². The highest BCUT2D eigenvalue weighted by Crippen LogP contribution is 2.25. The number of rotatable bonds is 4. The van der Waals surface area contributed by atoms with E-state index in [0.29, 0.717) is 12.0 Å². The highest BCUT2D eigenvalue weighted by Gasteiger charge is 2.22. The largest absolute Gasteiger partial charge is 0.497 e. The van der Waals surface area contributed by atoms with Crippen LogP contribution in [0.3, 0.4) is 0 Å². The predicted octanol–water partition coefficient (Wildman–Crippen LogP) is 2.84. The van der Waals surface area contributed by atoms with Gasteiger partial charge in [0.05, 0.1) is 13.7 Å². The first-order valence-corrected chi connectivity index (χ1v) is 6.19. The number of methoxy groups -OCH3 is 1. The van der Waals surface area contributed by atoms with Crippen LogP contribution in [0.1, 0.15) is 18.9 Å². The van der Waals surface area contributed by atoms with Crippen LogP contribution in [-0.4, -0.2) is 26.4 Å². The zero-order valence-corrected chi connectivity index (χ0v) is 10.8. The molecule has 3 nitrogen and oxygen atoms in total. The smallest absolute Gasteiger partial charge is 0.119 e. The van der Waals surface area contributed by atoms with Crippen LogP contribution in [0.5, 0.6) is 5.75 Å². The third kappa shape index (κ3) is 2.91. The van der Waals surface area contributed by atoms with Crippen molar-refractivity contribution in [1.29, 1.82) is 0 Å². The third-order valence-corrected chi connectivity index (χ3v) is 3.49. The Labute approximate surface area is 103 Å². The molecule has 2 unspecified atom stereocenters. The fourth-order valence-electron chi connectivity index (χ4n) is 2.24. The number of benzene rings is 1. The summed E-state index contributed by atoms with van der Waals surface area (Å²) in [4.78, 5) is 0. The highest BCUT2D eigenvalue weighted by atomic mass is 16.5. The minimum Gasteiger partial charge on any atom is -0.497 e. The van der Waals surface area contributed by atoms with Crippen LogP contribution in [-0.2, 0) is 4.74 Å². The van der Waals surface area contributed by atoms with Crippen molar-refractivity contribution in [2.75, 3.05) is 25.6 Å². The quantitative estimate of drug-likeness (QED) is 0.870. The Morgan fingerprint density at radius 2 is 2.29 bits per heavy atom. The van der Waals surface area contributed by atoms with E-state index in [1.807, 2.05) is 6.07 Å². The maximum Gasteiger partial charge on any atom is 0.119 e. The number of anilines is 1. The molecule has 1 aliphatic heterocycles. The van der Waals surface area contributed by atoms with Crippen molar-refractivity contribution in [2.24, 2.45) is 5.92 Å². The minimum atomic E-state index is 0.449. The van der Waals surface area contributed by atoms with E-state index in [1.165, 1.54) is 11.3 Å². The maximum atomic E-state index is 5.42. The van der Waals surface area contributed by atoms with Gasteiger partial charge in [-0.3, -0.25) is 0 Å². The van der Waals surface area contributed by atoms with Gasteiger partial charge in [0.25, 0.3) is 0 Å². The van der Waals surface area contributed by atoms with Gasteiger partial charge in [-0.25, -0.2) is 0 Å². The van der Waals surface area contributed by atoms with Gasteiger partial charge in [-0.2, -0.15) is 0 Å². The molecule has 0 amide bonds. The Morgan fingerprint density at radius 3 is 2.88 bits per heavy atom. The van der Waals surface area contributed by atoms with Crippen molar-refractivity contribution < 1.29 is 9.47 Å². The lowest BCUT2D eigenvalue weighted by Gasteiger charge is -2.22. The standard InChI is InChI=1S/C14H21NO2/c1-10-8-13(16-3)4-5-14(10)15-11(2)12-6-7-17-9-12/h4-5,8,11-12,15H,6-7,9H2,1-3H3. The summed E-state index contributed by atoms with van der Waals surface area (Å²) in [6, 6.07) is 6.58. The summed E-state index contributed by atoms with van der Waals surface area (Å²) >= 11 is 0. The van der Waals surface area contributed by atoms with Crippen LogP contribution in [0.2, 0.25) is 0 Å². The van der Waals surface area contributed by atoms with E-state index in [-0.39, 0.29) is 0 Å². The molecule has 1 saturated heterocycles. The molecule has 0 aliphatic carbocycles. The van der Waals surface area contributed by atoms with Gasteiger partial charge in [-0.1, -0.05) is 0 Å². The Morgan fingerprint density at radius 1 is 1.47 bits per heavy atom. The van der Waals surface area contributed by atoms with E-state index < -0.39 is 0 Å². The first kappa shape index (κ1) is 12.2. The summed E-state index contributed by atoms with van der Waals surface area (Å²) in [6.07, 6.45) is 1.16. The molecule has 3 heteroatoms. The summed E-state index contributed by atoms with van der Waals surface area (Å²) in [5.41, 5.74) is 2.40. The average molecular weight is 235 g/mol. The van der Waals surface area contributed by atoms with E-state index in [0.717, 1.165) is 25.4 Å². The van der Waals surface area contributed by atoms with Crippen molar-refractivity contribution in [1.82, 2.24) is 0 Å². The molecule has 0 radical (unpaired) electrons. The summed E-state index contributed by atoms with van der Waals surface area (Å²) in [5, 5.41) is 3.57. The zero-order chi connectivity index (χ0) is 12.3. The Kier molecular flexibility index (Phi) is 3.89. The molecule has 2 rings (SSSR count). The van der Waals surface area contributed by atoms with Crippen LogP contribution < -0.4 is 10.1 Å². The number of ether oxygens (including phenoxy) is 2. The number of aryl methyl sites for hydroxylation is 1. The van der Waals surface area contributed by atoms with Crippen LogP contribution >= 0.6 is 0 Å². The van der Waals surface area contributed by atoms with E-state index in [9.17, 15) is 0 Å². The van der Waals surface area contributed by atoms with Crippen molar-refractivity contribution in [3.8, 4) is 5.75 Å². The summed E-state index contributed by atoms with van der Waals surface area (Å²) in [6.45, 7) is 6.10. The van der Waals surface area contributed by atoms with Crippen molar-refractivity contribution in [3.63, 3.8) is 0 Å². The average Bonchev–Trinajstić information content (AvgIpc) is 2.85. The topological polar surface area (TPSA) is 30.5 Å². The highest BCUT2D eigenvalue weighted by molar-refractivity contribution is 5.54. The third-order valence-electron chi connectivity index (χ3n) is 3.49. The molecule has 1 N–H and O–H groups in total. The van der Waals surface area contributed by atoms with Crippen LogP contribution in [0, 0.1) is 12.8 Å². The molecule has 17 heavy (non-hydrogen) atoms. The van der Waals surface area contributed by atoms with E-state index >= 15 is 0 Å². The maximum absolute atomic E-state index is 5.42. The molecule has 1 fully saturated rings. The first-order valence-electron chi connectivity index (χ1n) is 6.19. The molecule has 0 bridgehead atoms. The van der Waals surface area contributed by atoms with Crippen LogP contribution in [0.4, 0.5) is 5.69 Å². The normalized spacial score (nSPS) is 21.2. The van der Waals surface area contributed by atoms with Crippen molar-refractivity contribution in [2.45, 2.75) is 26.3 Å². The summed E-state index contributed by atoms with van der Waals surface area (Å²) < 4.78 is 10.6. The van der Waals surface area contributed by atoms with Gasteiger partial charge in [0.2, 0.25) is 0 Å². The second kappa shape index (κ2) is 5.41. The van der Waals surface area contributed by atoms with Crippen LogP contribution in [0.15, 0.2) is 18.2 Å². The Bertz CT molecular complexity index is 372. The molecule has 0 spiro atoms. The van der Waals surface area contributed by atoms with E-state index in [2.05, 4.69) is 31.3 Å². The molecule has 1 aromatic carbocycles. The molecule has 1 aliphatic rings.